The maximum atomic E-state index is 9.50. The van der Waals surface area contributed by atoms with E-state index in [1.807, 2.05) is 31.2 Å². The van der Waals surface area contributed by atoms with Crippen molar-refractivity contribution in [2.24, 2.45) is 5.73 Å². The summed E-state index contributed by atoms with van der Waals surface area (Å²) < 4.78 is 16.5. The van der Waals surface area contributed by atoms with E-state index in [0.717, 1.165) is 11.3 Å². The highest BCUT2D eigenvalue weighted by Gasteiger charge is 2.30. The molecule has 0 aliphatic rings. The lowest BCUT2D eigenvalue weighted by atomic mass is 10.00. The highest BCUT2D eigenvalue weighted by Crippen LogP contribution is 2.35. The van der Waals surface area contributed by atoms with Crippen LogP contribution in [0.5, 0.6) is 5.75 Å². The van der Waals surface area contributed by atoms with Crippen molar-refractivity contribution < 1.29 is 23.9 Å². The smallest absolute Gasteiger partial charge is 0.258 e. The molecule has 4 N–H and O–H groups in total. The molecule has 0 radical (unpaired) electrons. The molecule has 0 amide bonds. The van der Waals surface area contributed by atoms with Gasteiger partial charge >= 0.3 is 0 Å². The number of furan rings is 1. The number of fused-ring (bicyclic) bond motifs is 1. The average molecular weight is 430 g/mol. The molecule has 0 spiro atoms. The molecule has 0 saturated heterocycles. The molecule has 0 unspecified atom stereocenters. The Morgan fingerprint density at radius 2 is 1.87 bits per heavy atom. The zero-order chi connectivity index (χ0) is 21.3. The summed E-state index contributed by atoms with van der Waals surface area (Å²) in [4.78, 5) is 4.44. The van der Waals surface area contributed by atoms with Gasteiger partial charge in [0.2, 0.25) is 5.82 Å². The predicted octanol–water partition coefficient (Wildman–Crippen LogP) is 3.34. The fourth-order valence-electron chi connectivity index (χ4n) is 3.00. The fourth-order valence-corrected chi connectivity index (χ4v) is 3.23. The van der Waals surface area contributed by atoms with Crippen LogP contribution in [0.2, 0.25) is 5.02 Å². The fraction of sp³-hybridized carbons (Fsp3) is 0.238. The number of benzene rings is 2. The van der Waals surface area contributed by atoms with E-state index in [0.29, 0.717) is 39.9 Å². The van der Waals surface area contributed by atoms with Crippen molar-refractivity contribution in [1.29, 1.82) is 0 Å². The molecular formula is C21H20ClN3O5. The molecule has 156 valence electrons. The Labute approximate surface area is 176 Å². The molecule has 4 rings (SSSR count). The van der Waals surface area contributed by atoms with Gasteiger partial charge in [0.15, 0.2) is 0 Å². The number of hydrogen-bond donors (Lipinski definition) is 3. The number of aliphatic hydroxyl groups is 2. The lowest BCUT2D eigenvalue weighted by Crippen LogP contribution is -2.43. The minimum Gasteiger partial charge on any atom is -0.494 e. The van der Waals surface area contributed by atoms with E-state index in [4.69, 9.17) is 31.0 Å². The second-order valence-electron chi connectivity index (χ2n) is 6.83. The van der Waals surface area contributed by atoms with Crippen molar-refractivity contribution in [3.05, 3.63) is 53.2 Å². The van der Waals surface area contributed by atoms with E-state index in [1.165, 1.54) is 0 Å². The molecule has 4 aromatic rings. The van der Waals surface area contributed by atoms with Gasteiger partial charge in [-0.1, -0.05) is 16.8 Å². The average Bonchev–Trinajstić information content (AvgIpc) is 3.40. The summed E-state index contributed by atoms with van der Waals surface area (Å²) in [6.45, 7) is 1.56. The minimum absolute atomic E-state index is 0.249. The van der Waals surface area contributed by atoms with Crippen LogP contribution < -0.4 is 10.5 Å². The quantitative estimate of drug-likeness (QED) is 0.408. The first-order chi connectivity index (χ1) is 14.5. The monoisotopic (exact) mass is 429 g/mol. The first-order valence-corrected chi connectivity index (χ1v) is 9.66. The zero-order valence-electron chi connectivity index (χ0n) is 16.1. The Hall–Kier alpha value is -2.91. The highest BCUT2D eigenvalue weighted by atomic mass is 35.5. The van der Waals surface area contributed by atoms with Crippen molar-refractivity contribution in [1.82, 2.24) is 10.1 Å². The van der Waals surface area contributed by atoms with Crippen molar-refractivity contribution in [2.45, 2.75) is 12.5 Å². The summed E-state index contributed by atoms with van der Waals surface area (Å²) >= 11 is 6.41. The largest absolute Gasteiger partial charge is 0.494 e. The van der Waals surface area contributed by atoms with Gasteiger partial charge in [-0.05, 0) is 43.3 Å². The van der Waals surface area contributed by atoms with Gasteiger partial charge in [-0.15, -0.1) is 0 Å². The van der Waals surface area contributed by atoms with Crippen molar-refractivity contribution in [3.8, 4) is 28.6 Å². The molecule has 2 aromatic carbocycles. The van der Waals surface area contributed by atoms with Crippen LogP contribution in [-0.2, 0) is 5.54 Å². The van der Waals surface area contributed by atoms with Crippen LogP contribution in [0.25, 0.3) is 33.8 Å². The molecule has 0 saturated carbocycles. The van der Waals surface area contributed by atoms with Crippen LogP contribution in [0.15, 0.2) is 51.4 Å². The van der Waals surface area contributed by atoms with E-state index in [2.05, 4.69) is 10.1 Å². The van der Waals surface area contributed by atoms with Crippen molar-refractivity contribution in [2.75, 3.05) is 19.8 Å². The van der Waals surface area contributed by atoms with Gasteiger partial charge in [-0.2, -0.15) is 4.98 Å². The SMILES string of the molecule is CCOc1ccc(-c2nc(-c3cc4cc(C(N)(CO)CO)oc4cc3Cl)no2)cc1. The van der Waals surface area contributed by atoms with Crippen LogP contribution in [-0.4, -0.2) is 40.2 Å². The number of rotatable bonds is 7. The maximum absolute atomic E-state index is 9.50. The lowest BCUT2D eigenvalue weighted by Gasteiger charge is -2.21. The number of nitrogens with two attached hydrogens (primary N) is 1. The third-order valence-corrected chi connectivity index (χ3v) is 5.05. The van der Waals surface area contributed by atoms with E-state index in [1.54, 1.807) is 18.2 Å². The molecule has 2 heterocycles. The Kier molecular flexibility index (Phi) is 5.48. The van der Waals surface area contributed by atoms with Gasteiger partial charge in [0, 0.05) is 22.6 Å². The van der Waals surface area contributed by atoms with Crippen LogP contribution >= 0.6 is 11.6 Å². The van der Waals surface area contributed by atoms with Gasteiger partial charge in [0.25, 0.3) is 5.89 Å². The number of halogens is 1. The van der Waals surface area contributed by atoms with Gasteiger partial charge < -0.3 is 29.6 Å². The summed E-state index contributed by atoms with van der Waals surface area (Å²) in [6, 6.07) is 12.3. The predicted molar refractivity (Wildman–Crippen MR) is 111 cm³/mol. The summed E-state index contributed by atoms with van der Waals surface area (Å²) in [5.41, 5.74) is 6.36. The van der Waals surface area contributed by atoms with E-state index in [-0.39, 0.29) is 5.76 Å². The molecule has 8 nitrogen and oxygen atoms in total. The number of aliphatic hydroxyl groups excluding tert-OH is 2. The molecule has 30 heavy (non-hydrogen) atoms. The van der Waals surface area contributed by atoms with Crippen molar-refractivity contribution >= 4 is 22.6 Å². The van der Waals surface area contributed by atoms with E-state index >= 15 is 0 Å². The minimum atomic E-state index is -1.39. The summed E-state index contributed by atoms with van der Waals surface area (Å²) in [5.74, 6) is 1.67. The first kappa shape index (κ1) is 20.4. The van der Waals surface area contributed by atoms with Crippen LogP contribution in [0, 0.1) is 0 Å². The summed E-state index contributed by atoms with van der Waals surface area (Å²) in [7, 11) is 0. The number of hydrogen-bond acceptors (Lipinski definition) is 8. The van der Waals surface area contributed by atoms with E-state index < -0.39 is 18.8 Å². The topological polar surface area (TPSA) is 128 Å². The molecular weight excluding hydrogens is 410 g/mol. The third kappa shape index (κ3) is 3.66. The van der Waals surface area contributed by atoms with Gasteiger partial charge in [-0.25, -0.2) is 0 Å². The van der Waals surface area contributed by atoms with Crippen LogP contribution in [0.1, 0.15) is 12.7 Å². The third-order valence-electron chi connectivity index (χ3n) is 4.74. The summed E-state index contributed by atoms with van der Waals surface area (Å²) in [5, 5.41) is 24.1. The second kappa shape index (κ2) is 8.08. The maximum Gasteiger partial charge on any atom is 0.258 e. The zero-order valence-corrected chi connectivity index (χ0v) is 16.9. The Bertz CT molecular complexity index is 1170. The highest BCUT2D eigenvalue weighted by molar-refractivity contribution is 6.34. The first-order valence-electron chi connectivity index (χ1n) is 9.29. The molecule has 0 fully saturated rings. The molecule has 2 aromatic heterocycles. The van der Waals surface area contributed by atoms with Gasteiger partial charge in [-0.3, -0.25) is 0 Å². The van der Waals surface area contributed by atoms with Gasteiger partial charge in [0.1, 0.15) is 22.6 Å². The van der Waals surface area contributed by atoms with Crippen LogP contribution in [0.4, 0.5) is 0 Å². The molecule has 0 aliphatic carbocycles. The Morgan fingerprint density at radius 3 is 2.53 bits per heavy atom. The number of aromatic nitrogens is 2. The van der Waals surface area contributed by atoms with E-state index in [9.17, 15) is 10.2 Å². The molecule has 0 bridgehead atoms. The van der Waals surface area contributed by atoms with Crippen LogP contribution in [0.3, 0.4) is 0 Å². The lowest BCUT2D eigenvalue weighted by molar-refractivity contribution is 0.105. The number of ether oxygens (including phenoxy) is 1. The van der Waals surface area contributed by atoms with Gasteiger partial charge in [0.05, 0.1) is 24.8 Å². The summed E-state index contributed by atoms with van der Waals surface area (Å²) in [6.07, 6.45) is 0. The second-order valence-corrected chi connectivity index (χ2v) is 7.24. The molecule has 0 aliphatic heterocycles. The Morgan fingerprint density at radius 1 is 1.13 bits per heavy atom. The Balaban J connectivity index is 1.69. The standard InChI is InChI=1S/C21H20ClN3O5/c1-2-28-14-5-3-12(4-6-14)20-24-19(25-30-20)15-7-13-8-18(21(23,10-26)11-27)29-17(13)9-16(15)22/h3-9,26-27H,2,10-11,23H2,1H3. The molecule has 0 atom stereocenters. The number of nitrogens with zero attached hydrogens (tertiary/aromatic N) is 2. The normalized spacial score (nSPS) is 11.9. The molecule has 9 heteroatoms. The van der Waals surface area contributed by atoms with Crippen molar-refractivity contribution in [3.63, 3.8) is 0 Å².